The van der Waals surface area contributed by atoms with Crippen molar-refractivity contribution in [3.63, 3.8) is 0 Å². The third-order valence-electron chi connectivity index (χ3n) is 3.09. The SMILES string of the molecule is Cc1nc(CSCC(=O)NCc2nc(-c3ccccc3)cs2)no1. The second-order valence-corrected chi connectivity index (χ2v) is 6.92. The number of carbonyl (C=O) groups excluding carboxylic acids is 1. The van der Waals surface area contributed by atoms with Crippen molar-refractivity contribution in [2.24, 2.45) is 0 Å². The zero-order valence-electron chi connectivity index (χ0n) is 13.1. The molecule has 6 nitrogen and oxygen atoms in total. The first-order chi connectivity index (χ1) is 11.7. The third kappa shape index (κ3) is 4.65. The Kier molecular flexibility index (Phi) is 5.60. The van der Waals surface area contributed by atoms with Crippen LogP contribution in [0.15, 0.2) is 40.2 Å². The molecule has 0 saturated carbocycles. The van der Waals surface area contributed by atoms with E-state index >= 15 is 0 Å². The highest BCUT2D eigenvalue weighted by molar-refractivity contribution is 7.99. The van der Waals surface area contributed by atoms with Crippen molar-refractivity contribution in [2.45, 2.75) is 19.2 Å². The maximum Gasteiger partial charge on any atom is 0.230 e. The summed E-state index contributed by atoms with van der Waals surface area (Å²) in [6.45, 7) is 2.18. The van der Waals surface area contributed by atoms with Crippen LogP contribution in [0.25, 0.3) is 11.3 Å². The van der Waals surface area contributed by atoms with Crippen LogP contribution in [0.3, 0.4) is 0 Å². The summed E-state index contributed by atoms with van der Waals surface area (Å²) >= 11 is 3.00. The summed E-state index contributed by atoms with van der Waals surface area (Å²) in [6.07, 6.45) is 0. The van der Waals surface area contributed by atoms with Crippen molar-refractivity contribution in [1.82, 2.24) is 20.4 Å². The molecule has 1 N–H and O–H groups in total. The molecule has 0 saturated heterocycles. The van der Waals surface area contributed by atoms with Crippen molar-refractivity contribution in [2.75, 3.05) is 5.75 Å². The van der Waals surface area contributed by atoms with Crippen LogP contribution in [0.1, 0.15) is 16.7 Å². The van der Waals surface area contributed by atoms with Crippen LogP contribution < -0.4 is 5.32 Å². The Hall–Kier alpha value is -2.19. The van der Waals surface area contributed by atoms with E-state index in [2.05, 4.69) is 20.4 Å². The molecule has 0 aliphatic carbocycles. The van der Waals surface area contributed by atoms with Gasteiger partial charge in [0.15, 0.2) is 5.82 Å². The van der Waals surface area contributed by atoms with Crippen LogP contribution >= 0.6 is 23.1 Å². The zero-order chi connectivity index (χ0) is 16.8. The van der Waals surface area contributed by atoms with Gasteiger partial charge in [-0.15, -0.1) is 23.1 Å². The Morgan fingerprint density at radius 1 is 1.29 bits per heavy atom. The predicted octanol–water partition coefficient (Wildman–Crippen LogP) is 3.05. The average Bonchev–Trinajstić information content (AvgIpc) is 3.23. The largest absolute Gasteiger partial charge is 0.349 e. The minimum atomic E-state index is -0.0309. The highest BCUT2D eigenvalue weighted by Crippen LogP contribution is 2.21. The monoisotopic (exact) mass is 360 g/mol. The Balaban J connectivity index is 1.42. The quantitative estimate of drug-likeness (QED) is 0.697. The number of aryl methyl sites for hydroxylation is 1. The standard InChI is InChI=1S/C16H16N4O2S2/c1-11-18-14(20-22-11)9-23-10-15(21)17-7-16-19-13(8-24-16)12-5-3-2-4-6-12/h2-6,8H,7,9-10H2,1H3,(H,17,21). The Morgan fingerprint density at radius 2 is 2.12 bits per heavy atom. The molecular formula is C16H16N4O2S2. The number of carbonyl (C=O) groups is 1. The van der Waals surface area contributed by atoms with E-state index in [4.69, 9.17) is 4.52 Å². The molecule has 0 spiro atoms. The number of thiazole rings is 1. The number of nitrogens with one attached hydrogen (secondary N) is 1. The summed E-state index contributed by atoms with van der Waals surface area (Å²) in [5.74, 6) is 2.02. The molecule has 3 aromatic rings. The van der Waals surface area contributed by atoms with Gasteiger partial charge < -0.3 is 9.84 Å². The van der Waals surface area contributed by atoms with Crippen LogP contribution in [0.2, 0.25) is 0 Å². The van der Waals surface area contributed by atoms with Gasteiger partial charge in [-0.3, -0.25) is 4.79 Å². The Labute approximate surface area is 147 Å². The summed E-state index contributed by atoms with van der Waals surface area (Å²) in [4.78, 5) is 20.5. The van der Waals surface area contributed by atoms with Gasteiger partial charge in [0.05, 0.1) is 23.7 Å². The summed E-state index contributed by atoms with van der Waals surface area (Å²) in [5.41, 5.74) is 2.02. The van der Waals surface area contributed by atoms with Gasteiger partial charge in [0.1, 0.15) is 5.01 Å². The number of hydrogen-bond acceptors (Lipinski definition) is 7. The van der Waals surface area contributed by atoms with Crippen LogP contribution in [-0.2, 0) is 17.1 Å². The number of thioether (sulfide) groups is 1. The fraction of sp³-hybridized carbons (Fsp3) is 0.250. The van der Waals surface area contributed by atoms with Crippen molar-refractivity contribution >= 4 is 29.0 Å². The molecule has 2 aromatic heterocycles. The molecule has 0 unspecified atom stereocenters. The van der Waals surface area contributed by atoms with Gasteiger partial charge in [0.2, 0.25) is 11.8 Å². The summed E-state index contributed by atoms with van der Waals surface area (Å²) in [7, 11) is 0. The molecule has 124 valence electrons. The second-order valence-electron chi connectivity index (χ2n) is 4.99. The van der Waals surface area contributed by atoms with Gasteiger partial charge in [0, 0.05) is 17.9 Å². The maximum absolute atomic E-state index is 11.9. The van der Waals surface area contributed by atoms with E-state index in [-0.39, 0.29) is 5.91 Å². The molecule has 3 rings (SSSR count). The smallest absolute Gasteiger partial charge is 0.230 e. The number of aromatic nitrogens is 3. The molecule has 1 aromatic carbocycles. The van der Waals surface area contributed by atoms with E-state index in [9.17, 15) is 4.79 Å². The molecule has 0 fully saturated rings. The molecule has 8 heteroatoms. The number of benzene rings is 1. The lowest BCUT2D eigenvalue weighted by Gasteiger charge is -2.02. The first kappa shape index (κ1) is 16.7. The molecule has 1 amide bonds. The number of amides is 1. The average molecular weight is 360 g/mol. The second kappa shape index (κ2) is 8.07. The maximum atomic E-state index is 11.9. The van der Waals surface area contributed by atoms with Crippen LogP contribution in [0, 0.1) is 6.92 Å². The van der Waals surface area contributed by atoms with Gasteiger partial charge in [-0.1, -0.05) is 35.5 Å². The van der Waals surface area contributed by atoms with Gasteiger partial charge in [0.25, 0.3) is 0 Å². The molecular weight excluding hydrogens is 344 g/mol. The van der Waals surface area contributed by atoms with E-state index in [1.54, 1.807) is 18.3 Å². The van der Waals surface area contributed by atoms with E-state index < -0.39 is 0 Å². The van der Waals surface area contributed by atoms with Crippen LogP contribution in [-0.4, -0.2) is 26.8 Å². The van der Waals surface area contributed by atoms with Crippen LogP contribution in [0.4, 0.5) is 0 Å². The summed E-state index contributed by atoms with van der Waals surface area (Å²) in [6, 6.07) is 9.99. The lowest BCUT2D eigenvalue weighted by molar-refractivity contribution is -0.118. The highest BCUT2D eigenvalue weighted by atomic mass is 32.2. The molecule has 24 heavy (non-hydrogen) atoms. The lowest BCUT2D eigenvalue weighted by atomic mass is 10.2. The normalized spacial score (nSPS) is 10.7. The third-order valence-corrected chi connectivity index (χ3v) is 4.87. The summed E-state index contributed by atoms with van der Waals surface area (Å²) in [5, 5.41) is 9.56. The minimum Gasteiger partial charge on any atom is -0.349 e. The molecule has 0 aliphatic rings. The number of nitrogens with zero attached hydrogens (tertiary/aromatic N) is 3. The van der Waals surface area contributed by atoms with Crippen molar-refractivity contribution < 1.29 is 9.32 Å². The van der Waals surface area contributed by atoms with E-state index in [0.717, 1.165) is 16.3 Å². The number of hydrogen-bond donors (Lipinski definition) is 1. The minimum absolute atomic E-state index is 0.0309. The van der Waals surface area contributed by atoms with Crippen LogP contribution in [0.5, 0.6) is 0 Å². The van der Waals surface area contributed by atoms with Gasteiger partial charge in [-0.25, -0.2) is 4.98 Å². The van der Waals surface area contributed by atoms with Gasteiger partial charge >= 0.3 is 0 Å². The lowest BCUT2D eigenvalue weighted by Crippen LogP contribution is -2.24. The van der Waals surface area contributed by atoms with Gasteiger partial charge in [-0.2, -0.15) is 4.98 Å². The summed E-state index contributed by atoms with van der Waals surface area (Å²) < 4.78 is 4.88. The topological polar surface area (TPSA) is 80.9 Å². The van der Waals surface area contributed by atoms with E-state index in [1.807, 2.05) is 35.7 Å². The predicted molar refractivity (Wildman–Crippen MR) is 94.6 cm³/mol. The molecule has 0 aliphatic heterocycles. The molecule has 2 heterocycles. The van der Waals surface area contributed by atoms with E-state index in [0.29, 0.717) is 29.8 Å². The van der Waals surface area contributed by atoms with E-state index in [1.165, 1.54) is 11.8 Å². The van der Waals surface area contributed by atoms with Crippen molar-refractivity contribution in [3.05, 3.63) is 52.4 Å². The Bertz CT molecular complexity index is 801. The van der Waals surface area contributed by atoms with Crippen molar-refractivity contribution in [3.8, 4) is 11.3 Å². The molecule has 0 radical (unpaired) electrons. The van der Waals surface area contributed by atoms with Crippen molar-refractivity contribution in [1.29, 1.82) is 0 Å². The fourth-order valence-electron chi connectivity index (χ4n) is 1.99. The highest BCUT2D eigenvalue weighted by Gasteiger charge is 2.08. The molecule has 0 atom stereocenters. The Morgan fingerprint density at radius 3 is 2.88 bits per heavy atom. The fourth-order valence-corrected chi connectivity index (χ4v) is 3.43. The van der Waals surface area contributed by atoms with Gasteiger partial charge in [-0.05, 0) is 0 Å². The number of rotatable bonds is 7. The first-order valence-corrected chi connectivity index (χ1v) is 9.37. The first-order valence-electron chi connectivity index (χ1n) is 7.34. The zero-order valence-corrected chi connectivity index (χ0v) is 14.7. The molecule has 0 bridgehead atoms.